The molecule has 0 saturated heterocycles. The van der Waals surface area contributed by atoms with Crippen molar-refractivity contribution < 1.29 is 9.59 Å². The maximum Gasteiger partial charge on any atom is 0.255 e. The second-order valence-electron chi connectivity index (χ2n) is 6.36. The van der Waals surface area contributed by atoms with Crippen molar-refractivity contribution in [1.82, 2.24) is 9.97 Å². The molecular weight excluding hydrogens is 352 g/mol. The van der Waals surface area contributed by atoms with Crippen molar-refractivity contribution in [3.8, 4) is 11.4 Å². The summed E-state index contributed by atoms with van der Waals surface area (Å²) < 4.78 is 0. The Morgan fingerprint density at radius 2 is 1.68 bits per heavy atom. The van der Waals surface area contributed by atoms with E-state index in [0.717, 1.165) is 16.6 Å². The van der Waals surface area contributed by atoms with Crippen LogP contribution in [-0.2, 0) is 4.79 Å². The molecule has 28 heavy (non-hydrogen) atoms. The fourth-order valence-corrected chi connectivity index (χ4v) is 3.01. The molecule has 0 unspecified atom stereocenters. The van der Waals surface area contributed by atoms with Crippen LogP contribution < -0.4 is 10.6 Å². The maximum atomic E-state index is 12.8. The van der Waals surface area contributed by atoms with Crippen LogP contribution in [0.3, 0.4) is 0 Å². The highest BCUT2D eigenvalue weighted by Gasteiger charge is 2.13. The van der Waals surface area contributed by atoms with Gasteiger partial charge in [0.05, 0.1) is 16.7 Å². The van der Waals surface area contributed by atoms with Gasteiger partial charge in [-0.2, -0.15) is 0 Å². The molecule has 6 heteroatoms. The highest BCUT2D eigenvalue weighted by atomic mass is 16.2. The van der Waals surface area contributed by atoms with E-state index in [9.17, 15) is 9.59 Å². The highest BCUT2D eigenvalue weighted by molar-refractivity contribution is 6.07. The van der Waals surface area contributed by atoms with Crippen LogP contribution in [0, 0.1) is 0 Å². The van der Waals surface area contributed by atoms with Crippen LogP contribution in [0.1, 0.15) is 17.3 Å². The third-order valence-corrected chi connectivity index (χ3v) is 4.26. The Hall–Kier alpha value is -3.93. The van der Waals surface area contributed by atoms with Crippen LogP contribution in [0.15, 0.2) is 72.8 Å². The van der Waals surface area contributed by atoms with Gasteiger partial charge in [0, 0.05) is 23.7 Å². The Bertz CT molecular complexity index is 1150. The summed E-state index contributed by atoms with van der Waals surface area (Å²) in [5.41, 5.74) is 4.27. The van der Waals surface area contributed by atoms with E-state index in [1.807, 2.05) is 48.5 Å². The topological polar surface area (TPSA) is 86.9 Å². The van der Waals surface area contributed by atoms with Gasteiger partial charge in [-0.25, -0.2) is 4.98 Å². The fraction of sp³-hybridized carbons (Fsp3) is 0.0455. The van der Waals surface area contributed by atoms with Crippen LogP contribution in [0.4, 0.5) is 11.4 Å². The Kier molecular flexibility index (Phi) is 4.60. The van der Waals surface area contributed by atoms with Crippen molar-refractivity contribution in [3.63, 3.8) is 0 Å². The number of carbonyl (C=O) groups is 2. The molecule has 6 nitrogen and oxygen atoms in total. The van der Waals surface area contributed by atoms with Gasteiger partial charge >= 0.3 is 0 Å². The average Bonchev–Trinajstić information content (AvgIpc) is 3.12. The highest BCUT2D eigenvalue weighted by Crippen LogP contribution is 2.28. The van der Waals surface area contributed by atoms with Crippen molar-refractivity contribution in [2.45, 2.75) is 6.92 Å². The van der Waals surface area contributed by atoms with Crippen LogP contribution in [0.2, 0.25) is 0 Å². The number of aromatic amines is 1. The van der Waals surface area contributed by atoms with Crippen LogP contribution >= 0.6 is 0 Å². The molecule has 0 radical (unpaired) electrons. The molecule has 0 saturated carbocycles. The van der Waals surface area contributed by atoms with Crippen LogP contribution in [-0.4, -0.2) is 21.8 Å². The summed E-state index contributed by atoms with van der Waals surface area (Å²) in [7, 11) is 0. The fourth-order valence-electron chi connectivity index (χ4n) is 3.01. The van der Waals surface area contributed by atoms with Crippen molar-refractivity contribution in [2.24, 2.45) is 0 Å². The van der Waals surface area contributed by atoms with Gasteiger partial charge in [-0.1, -0.05) is 30.3 Å². The zero-order valence-electron chi connectivity index (χ0n) is 15.2. The molecule has 3 N–H and O–H groups in total. The number of fused-ring (bicyclic) bond motifs is 1. The number of imidazole rings is 1. The zero-order valence-corrected chi connectivity index (χ0v) is 15.2. The molecule has 1 aromatic heterocycles. The molecule has 0 aliphatic rings. The van der Waals surface area contributed by atoms with Crippen molar-refractivity contribution >= 4 is 34.2 Å². The number of hydrogen-bond acceptors (Lipinski definition) is 3. The van der Waals surface area contributed by atoms with Gasteiger partial charge in [0.1, 0.15) is 5.82 Å². The number of H-pyrrole nitrogens is 1. The summed E-state index contributed by atoms with van der Waals surface area (Å²) in [6.45, 7) is 1.43. The lowest BCUT2D eigenvalue weighted by atomic mass is 10.1. The first kappa shape index (κ1) is 17.5. The number of carbonyl (C=O) groups excluding carboxylic acids is 2. The Morgan fingerprint density at radius 1 is 0.893 bits per heavy atom. The first-order valence-corrected chi connectivity index (χ1v) is 8.83. The van der Waals surface area contributed by atoms with E-state index in [1.54, 1.807) is 24.3 Å². The minimum absolute atomic E-state index is 0.187. The lowest BCUT2D eigenvalue weighted by Crippen LogP contribution is -2.13. The summed E-state index contributed by atoms with van der Waals surface area (Å²) >= 11 is 0. The quantitative estimate of drug-likeness (QED) is 0.496. The number of nitrogens with one attached hydrogen (secondary N) is 3. The van der Waals surface area contributed by atoms with Gasteiger partial charge in [-0.05, 0) is 42.5 Å². The molecule has 0 fully saturated rings. The first-order valence-electron chi connectivity index (χ1n) is 8.83. The number of rotatable bonds is 4. The zero-order chi connectivity index (χ0) is 19.5. The molecule has 0 aliphatic carbocycles. The number of aromatic nitrogens is 2. The van der Waals surface area contributed by atoms with E-state index in [1.165, 1.54) is 6.92 Å². The number of para-hydroxylation sites is 3. The summed E-state index contributed by atoms with van der Waals surface area (Å²) in [4.78, 5) is 31.9. The molecule has 138 valence electrons. The monoisotopic (exact) mass is 370 g/mol. The Labute approximate surface area is 161 Å². The smallest absolute Gasteiger partial charge is 0.255 e. The molecule has 0 aliphatic heterocycles. The lowest BCUT2D eigenvalue weighted by molar-refractivity contribution is -0.114. The van der Waals surface area contributed by atoms with E-state index in [-0.39, 0.29) is 11.8 Å². The largest absolute Gasteiger partial charge is 0.338 e. The summed E-state index contributed by atoms with van der Waals surface area (Å²) in [6, 6.07) is 22.1. The van der Waals surface area contributed by atoms with Gasteiger partial charge in [-0.3, -0.25) is 9.59 Å². The van der Waals surface area contributed by atoms with E-state index >= 15 is 0 Å². The molecule has 2 amide bonds. The minimum Gasteiger partial charge on any atom is -0.338 e. The third-order valence-electron chi connectivity index (χ3n) is 4.26. The summed E-state index contributed by atoms with van der Waals surface area (Å²) in [5, 5.41) is 5.62. The predicted molar refractivity (Wildman–Crippen MR) is 110 cm³/mol. The molecule has 4 rings (SSSR count). The minimum atomic E-state index is -0.268. The van der Waals surface area contributed by atoms with E-state index in [0.29, 0.717) is 22.8 Å². The lowest BCUT2D eigenvalue weighted by Gasteiger charge is -2.10. The van der Waals surface area contributed by atoms with E-state index < -0.39 is 0 Å². The SMILES string of the molecule is CC(=O)Nc1cccc(C(=O)Nc2ccccc2-c2nc3ccccc3[nH]2)c1. The predicted octanol–water partition coefficient (Wildman–Crippen LogP) is 4.44. The molecule has 0 bridgehead atoms. The molecule has 0 atom stereocenters. The molecular formula is C22H18N4O2. The van der Waals surface area contributed by atoms with Crippen molar-refractivity contribution in [2.75, 3.05) is 10.6 Å². The van der Waals surface area contributed by atoms with Gasteiger partial charge in [-0.15, -0.1) is 0 Å². The molecule has 3 aromatic carbocycles. The molecule has 0 spiro atoms. The number of hydrogen-bond donors (Lipinski definition) is 3. The van der Waals surface area contributed by atoms with E-state index in [4.69, 9.17) is 0 Å². The maximum absolute atomic E-state index is 12.8. The van der Waals surface area contributed by atoms with Crippen LogP contribution in [0.5, 0.6) is 0 Å². The number of nitrogens with zero attached hydrogens (tertiary/aromatic N) is 1. The van der Waals surface area contributed by atoms with Crippen molar-refractivity contribution in [3.05, 3.63) is 78.4 Å². The first-order chi connectivity index (χ1) is 13.6. The van der Waals surface area contributed by atoms with Crippen LogP contribution in [0.25, 0.3) is 22.4 Å². The normalized spacial score (nSPS) is 10.6. The average molecular weight is 370 g/mol. The molecule has 1 heterocycles. The van der Waals surface area contributed by atoms with Gasteiger partial charge in [0.15, 0.2) is 0 Å². The Balaban J connectivity index is 1.64. The third kappa shape index (κ3) is 3.61. The number of anilines is 2. The number of benzene rings is 3. The van der Waals surface area contributed by atoms with Crippen molar-refractivity contribution in [1.29, 1.82) is 0 Å². The second kappa shape index (κ2) is 7.36. The molecule has 4 aromatic rings. The van der Waals surface area contributed by atoms with Gasteiger partial charge in [0.2, 0.25) is 5.91 Å². The standard InChI is InChI=1S/C22H18N4O2/c1-14(27)23-16-8-6-7-15(13-16)22(28)26-18-10-3-2-9-17(18)21-24-19-11-4-5-12-20(19)25-21/h2-13H,1H3,(H,23,27)(H,24,25)(H,26,28). The summed E-state index contributed by atoms with van der Waals surface area (Å²) in [6.07, 6.45) is 0. The van der Waals surface area contributed by atoms with Gasteiger partial charge < -0.3 is 15.6 Å². The summed E-state index contributed by atoms with van der Waals surface area (Å²) in [5.74, 6) is 0.229. The Morgan fingerprint density at radius 3 is 2.50 bits per heavy atom. The second-order valence-corrected chi connectivity index (χ2v) is 6.36. The van der Waals surface area contributed by atoms with Gasteiger partial charge in [0.25, 0.3) is 5.91 Å². The number of amides is 2. The van der Waals surface area contributed by atoms with E-state index in [2.05, 4.69) is 20.6 Å².